The SMILES string of the molecule is CCOP(=O)(O)C(NCCO)c1c(O)ccc2ccccc12. The largest absolute Gasteiger partial charge is 0.508 e. The molecule has 120 valence electrons. The Morgan fingerprint density at radius 1 is 1.27 bits per heavy atom. The number of rotatable bonds is 7. The summed E-state index contributed by atoms with van der Waals surface area (Å²) >= 11 is 0. The zero-order valence-corrected chi connectivity index (χ0v) is 13.2. The molecule has 2 rings (SSSR count). The van der Waals surface area contributed by atoms with Crippen molar-refractivity contribution in [2.24, 2.45) is 0 Å². The van der Waals surface area contributed by atoms with Crippen LogP contribution in [0.4, 0.5) is 0 Å². The number of nitrogens with one attached hydrogen (secondary N) is 1. The fourth-order valence-electron chi connectivity index (χ4n) is 2.41. The highest BCUT2D eigenvalue weighted by molar-refractivity contribution is 7.53. The summed E-state index contributed by atoms with van der Waals surface area (Å²) in [7, 11) is -4.07. The molecule has 0 bridgehead atoms. The smallest absolute Gasteiger partial charge is 0.349 e. The number of aliphatic hydroxyl groups is 1. The van der Waals surface area contributed by atoms with Crippen molar-refractivity contribution in [1.82, 2.24) is 5.32 Å². The van der Waals surface area contributed by atoms with Gasteiger partial charge in [0, 0.05) is 12.1 Å². The first kappa shape index (κ1) is 16.9. The molecule has 7 heteroatoms. The molecule has 0 aliphatic rings. The Hall–Kier alpha value is -1.43. The molecule has 2 unspecified atom stereocenters. The normalized spacial score (nSPS) is 15.6. The van der Waals surface area contributed by atoms with Crippen LogP contribution in [0.1, 0.15) is 18.3 Å². The molecule has 0 saturated heterocycles. The third kappa shape index (κ3) is 3.48. The summed E-state index contributed by atoms with van der Waals surface area (Å²) in [6.45, 7) is 1.59. The maximum Gasteiger partial charge on any atom is 0.349 e. The van der Waals surface area contributed by atoms with E-state index in [9.17, 15) is 14.6 Å². The van der Waals surface area contributed by atoms with Gasteiger partial charge in [0.25, 0.3) is 0 Å². The van der Waals surface area contributed by atoms with Gasteiger partial charge in [0.15, 0.2) is 0 Å². The lowest BCUT2D eigenvalue weighted by Gasteiger charge is -2.25. The van der Waals surface area contributed by atoms with Crippen molar-refractivity contribution >= 4 is 18.4 Å². The van der Waals surface area contributed by atoms with E-state index in [1.165, 1.54) is 6.07 Å². The van der Waals surface area contributed by atoms with Crippen molar-refractivity contribution in [3.05, 3.63) is 42.0 Å². The lowest BCUT2D eigenvalue weighted by molar-refractivity contribution is 0.250. The lowest BCUT2D eigenvalue weighted by atomic mass is 10.0. The molecule has 0 aromatic heterocycles. The van der Waals surface area contributed by atoms with Gasteiger partial charge >= 0.3 is 7.60 Å². The van der Waals surface area contributed by atoms with E-state index in [0.717, 1.165) is 5.39 Å². The number of aliphatic hydroxyl groups excluding tert-OH is 1. The van der Waals surface area contributed by atoms with Gasteiger partial charge in [-0.15, -0.1) is 0 Å². The first-order valence-corrected chi connectivity index (χ1v) is 8.67. The summed E-state index contributed by atoms with van der Waals surface area (Å²) in [5.41, 5.74) is 0.297. The summed E-state index contributed by atoms with van der Waals surface area (Å²) in [4.78, 5) is 10.2. The zero-order valence-electron chi connectivity index (χ0n) is 12.3. The summed E-state index contributed by atoms with van der Waals surface area (Å²) in [5.74, 6) is -1.21. The van der Waals surface area contributed by atoms with Crippen LogP contribution >= 0.6 is 7.60 Å². The molecule has 0 saturated carbocycles. The van der Waals surface area contributed by atoms with E-state index in [1.54, 1.807) is 25.1 Å². The second kappa shape index (κ2) is 7.22. The number of benzene rings is 2. The lowest BCUT2D eigenvalue weighted by Crippen LogP contribution is -2.25. The Bertz CT molecular complexity index is 691. The van der Waals surface area contributed by atoms with Crippen molar-refractivity contribution in [2.75, 3.05) is 19.8 Å². The molecule has 2 aromatic carbocycles. The molecular weight excluding hydrogens is 305 g/mol. The Kier molecular flexibility index (Phi) is 5.56. The Balaban J connectivity index is 2.60. The number of aromatic hydroxyl groups is 1. The molecular formula is C15H20NO5P. The zero-order chi connectivity index (χ0) is 16.2. The van der Waals surface area contributed by atoms with Gasteiger partial charge in [-0.3, -0.25) is 9.88 Å². The fourth-order valence-corrected chi connectivity index (χ4v) is 3.89. The Morgan fingerprint density at radius 2 is 2.00 bits per heavy atom. The number of hydrogen-bond donors (Lipinski definition) is 4. The van der Waals surface area contributed by atoms with Crippen LogP contribution in [0.15, 0.2) is 36.4 Å². The minimum atomic E-state index is -4.07. The van der Waals surface area contributed by atoms with Crippen molar-refractivity contribution in [2.45, 2.75) is 12.7 Å². The van der Waals surface area contributed by atoms with Crippen molar-refractivity contribution in [1.29, 1.82) is 0 Å². The van der Waals surface area contributed by atoms with Gasteiger partial charge in [0.05, 0.1) is 13.2 Å². The van der Waals surface area contributed by atoms with Crippen molar-refractivity contribution in [3.63, 3.8) is 0 Å². The van der Waals surface area contributed by atoms with Crippen LogP contribution in [-0.2, 0) is 9.09 Å². The van der Waals surface area contributed by atoms with Crippen LogP contribution in [0, 0.1) is 0 Å². The molecule has 0 heterocycles. The molecule has 2 aromatic rings. The number of fused-ring (bicyclic) bond motifs is 1. The van der Waals surface area contributed by atoms with E-state index in [1.807, 2.05) is 12.1 Å². The van der Waals surface area contributed by atoms with E-state index in [-0.39, 0.29) is 25.5 Å². The molecule has 22 heavy (non-hydrogen) atoms. The average molecular weight is 325 g/mol. The van der Waals surface area contributed by atoms with E-state index in [0.29, 0.717) is 10.9 Å². The minimum Gasteiger partial charge on any atom is -0.508 e. The molecule has 6 nitrogen and oxygen atoms in total. The van der Waals surface area contributed by atoms with Gasteiger partial charge in [-0.1, -0.05) is 30.3 Å². The second-order valence-electron chi connectivity index (χ2n) is 4.78. The Morgan fingerprint density at radius 3 is 2.68 bits per heavy atom. The van der Waals surface area contributed by atoms with Gasteiger partial charge < -0.3 is 19.6 Å². The van der Waals surface area contributed by atoms with Crippen LogP contribution in [-0.4, -0.2) is 34.9 Å². The van der Waals surface area contributed by atoms with E-state index < -0.39 is 13.4 Å². The minimum absolute atomic E-state index is 0.0661. The predicted molar refractivity (Wildman–Crippen MR) is 84.9 cm³/mol. The topological polar surface area (TPSA) is 99.0 Å². The van der Waals surface area contributed by atoms with Gasteiger partial charge in [0.2, 0.25) is 0 Å². The third-order valence-electron chi connectivity index (χ3n) is 3.31. The molecule has 0 aliphatic heterocycles. The van der Waals surface area contributed by atoms with Crippen molar-refractivity contribution < 1.29 is 24.2 Å². The van der Waals surface area contributed by atoms with Gasteiger partial charge in [-0.25, -0.2) is 0 Å². The predicted octanol–water partition coefficient (Wildman–Crippen LogP) is 2.35. The second-order valence-corrected chi connectivity index (χ2v) is 6.68. The standard InChI is InChI=1S/C15H20NO5P/c1-2-21-22(19,20)15(16-9-10-17)14-12-6-4-3-5-11(12)7-8-13(14)18/h3-8,15-18H,2,9-10H2,1H3,(H,19,20). The number of phenolic OH excluding ortho intramolecular Hbond substituents is 1. The quantitative estimate of drug-likeness (QED) is 0.583. The first-order chi connectivity index (χ1) is 10.5. The van der Waals surface area contributed by atoms with Crippen LogP contribution < -0.4 is 5.32 Å². The third-order valence-corrected chi connectivity index (χ3v) is 5.03. The molecule has 0 spiro atoms. The van der Waals surface area contributed by atoms with E-state index >= 15 is 0 Å². The maximum atomic E-state index is 12.5. The van der Waals surface area contributed by atoms with Crippen molar-refractivity contribution in [3.8, 4) is 5.75 Å². The summed E-state index contributed by atoms with van der Waals surface area (Å²) in [5, 5.41) is 23.5. The molecule has 4 N–H and O–H groups in total. The van der Waals surface area contributed by atoms with Crippen LogP contribution in [0.5, 0.6) is 5.75 Å². The van der Waals surface area contributed by atoms with Crippen LogP contribution in [0.2, 0.25) is 0 Å². The molecule has 0 fully saturated rings. The monoisotopic (exact) mass is 325 g/mol. The highest BCUT2D eigenvalue weighted by Gasteiger charge is 2.36. The van der Waals surface area contributed by atoms with Gasteiger partial charge in [0.1, 0.15) is 11.5 Å². The number of phenols is 1. The van der Waals surface area contributed by atoms with E-state index in [2.05, 4.69) is 5.32 Å². The summed E-state index contributed by atoms with van der Waals surface area (Å²) in [6, 6.07) is 10.5. The molecule has 0 amide bonds. The molecule has 2 atom stereocenters. The van der Waals surface area contributed by atoms with E-state index in [4.69, 9.17) is 9.63 Å². The van der Waals surface area contributed by atoms with Gasteiger partial charge in [-0.05, 0) is 23.8 Å². The highest BCUT2D eigenvalue weighted by Crippen LogP contribution is 2.57. The maximum absolute atomic E-state index is 12.5. The van der Waals surface area contributed by atoms with Gasteiger partial charge in [-0.2, -0.15) is 0 Å². The summed E-state index contributed by atoms with van der Waals surface area (Å²) in [6.07, 6.45) is 0. The first-order valence-electron chi connectivity index (χ1n) is 7.03. The van der Waals surface area contributed by atoms with Crippen LogP contribution in [0.25, 0.3) is 10.8 Å². The summed E-state index contributed by atoms with van der Waals surface area (Å²) < 4.78 is 17.5. The van der Waals surface area contributed by atoms with Crippen LogP contribution in [0.3, 0.4) is 0 Å². The average Bonchev–Trinajstić information content (AvgIpc) is 2.49. The number of hydrogen-bond acceptors (Lipinski definition) is 5. The molecule has 0 radical (unpaired) electrons. The Labute approximate surface area is 128 Å². The highest BCUT2D eigenvalue weighted by atomic mass is 31.2. The molecule has 0 aliphatic carbocycles. The fraction of sp³-hybridized carbons (Fsp3) is 0.333.